The number of carboxylic acids is 1. The first-order chi connectivity index (χ1) is 19.9. The molecule has 2 aromatic carbocycles. The first-order valence-electron chi connectivity index (χ1n) is 14.8. The van der Waals surface area contributed by atoms with E-state index in [0.29, 0.717) is 37.4 Å². The summed E-state index contributed by atoms with van der Waals surface area (Å²) < 4.78 is 8.28. The van der Waals surface area contributed by atoms with Gasteiger partial charge >= 0.3 is 5.97 Å². The fraction of sp³-hybridized carbons (Fsp3) is 0.424. The van der Waals surface area contributed by atoms with Crippen LogP contribution in [0.5, 0.6) is 0 Å². The number of para-hydroxylation sites is 2. The molecule has 2 N–H and O–H groups in total. The van der Waals surface area contributed by atoms with Crippen LogP contribution in [0.3, 0.4) is 0 Å². The van der Waals surface area contributed by atoms with Crippen molar-refractivity contribution in [3.05, 3.63) is 71.6 Å². The molecule has 2 amide bonds. The Morgan fingerprint density at radius 3 is 2.45 bits per heavy atom. The van der Waals surface area contributed by atoms with Crippen LogP contribution >= 0.6 is 0 Å². The Labute approximate surface area is 248 Å². The normalized spacial score (nSPS) is 17.4. The molecule has 0 aliphatic carbocycles. The number of carbonyl (C=O) groups excluding carboxylic acids is 2. The summed E-state index contributed by atoms with van der Waals surface area (Å²) in [5.74, 6) is -1.59. The summed E-state index contributed by atoms with van der Waals surface area (Å²) in [6.07, 6.45) is 4.98. The number of anilines is 1. The average Bonchev–Trinajstić information content (AvgIpc) is 3.56. The fourth-order valence-corrected chi connectivity index (χ4v) is 6.89. The molecule has 42 heavy (non-hydrogen) atoms. The predicted octanol–water partition coefficient (Wildman–Crippen LogP) is 6.28. The van der Waals surface area contributed by atoms with Gasteiger partial charge in [-0.25, -0.2) is 0 Å². The van der Waals surface area contributed by atoms with Gasteiger partial charge in [0.2, 0.25) is 0 Å². The number of amides is 2. The van der Waals surface area contributed by atoms with E-state index in [-0.39, 0.29) is 17.4 Å². The van der Waals surface area contributed by atoms with E-state index in [0.717, 1.165) is 40.6 Å². The van der Waals surface area contributed by atoms with Gasteiger partial charge in [-0.15, -0.1) is 0 Å². The standard InChI is InChI=1S/C33H41N3O5Si/c1-33(2,3)42(4,5)41-19-11-13-23-21-36(27-17-9-7-15-25(23)27)30-29(31(39)34-32(30)40)35-20-22(12-10-18-28(37)38)24-14-6-8-16-26(24)35/h6-9,14-17,21-22H,10-13,18-20H2,1-5H3,(H,37,38)(H,34,39,40). The van der Waals surface area contributed by atoms with E-state index in [1.165, 1.54) is 0 Å². The van der Waals surface area contributed by atoms with Gasteiger partial charge < -0.3 is 19.0 Å². The van der Waals surface area contributed by atoms with Gasteiger partial charge in [-0.1, -0.05) is 57.2 Å². The van der Waals surface area contributed by atoms with Crippen molar-refractivity contribution in [1.82, 2.24) is 9.88 Å². The summed E-state index contributed by atoms with van der Waals surface area (Å²) in [5, 5.41) is 12.9. The zero-order chi connectivity index (χ0) is 30.2. The number of nitrogens with zero attached hydrogens (tertiary/aromatic N) is 2. The minimum absolute atomic E-state index is 0.0654. The SMILES string of the molecule is CC(C)(C)[Si](C)(C)OCCCc1cn(C2=C(N3CC(CCCC(=O)O)c4ccccc43)C(=O)NC2=O)c2ccccc12. The summed E-state index contributed by atoms with van der Waals surface area (Å²) in [4.78, 5) is 39.8. The van der Waals surface area contributed by atoms with Crippen molar-refractivity contribution >= 4 is 48.4 Å². The van der Waals surface area contributed by atoms with E-state index in [1.807, 2.05) is 58.1 Å². The number of benzene rings is 2. The molecule has 3 heterocycles. The second kappa shape index (κ2) is 11.5. The maximum absolute atomic E-state index is 13.4. The topological polar surface area (TPSA) is 101 Å². The van der Waals surface area contributed by atoms with Crippen molar-refractivity contribution < 1.29 is 23.9 Å². The molecule has 2 aliphatic rings. The third kappa shape index (κ3) is 5.67. The van der Waals surface area contributed by atoms with E-state index in [2.05, 4.69) is 45.2 Å². The number of hydrogen-bond acceptors (Lipinski definition) is 5. The Balaban J connectivity index is 1.48. The number of rotatable bonds is 11. The first-order valence-corrected chi connectivity index (χ1v) is 17.7. The van der Waals surface area contributed by atoms with Crippen LogP contribution in [-0.2, 0) is 25.2 Å². The van der Waals surface area contributed by atoms with Crippen molar-refractivity contribution in [2.75, 3.05) is 18.1 Å². The van der Waals surface area contributed by atoms with Gasteiger partial charge in [0.1, 0.15) is 11.4 Å². The summed E-state index contributed by atoms with van der Waals surface area (Å²) >= 11 is 0. The molecule has 9 heteroatoms. The van der Waals surface area contributed by atoms with E-state index >= 15 is 0 Å². The van der Waals surface area contributed by atoms with Crippen molar-refractivity contribution in [3.63, 3.8) is 0 Å². The highest BCUT2D eigenvalue weighted by Crippen LogP contribution is 2.43. The number of nitrogens with one attached hydrogen (secondary N) is 1. The third-order valence-electron chi connectivity index (χ3n) is 9.06. The molecule has 0 spiro atoms. The molecule has 0 bridgehead atoms. The lowest BCUT2D eigenvalue weighted by Crippen LogP contribution is -2.41. The number of carboxylic acid groups (broad SMARTS) is 1. The number of imide groups is 1. The van der Waals surface area contributed by atoms with Gasteiger partial charge in [0.15, 0.2) is 8.32 Å². The fourth-order valence-electron chi connectivity index (χ4n) is 5.81. The summed E-state index contributed by atoms with van der Waals surface area (Å²) in [6.45, 7) is 12.4. The number of aromatic nitrogens is 1. The number of fused-ring (bicyclic) bond motifs is 2. The van der Waals surface area contributed by atoms with Gasteiger partial charge in [-0.05, 0) is 67.1 Å². The summed E-state index contributed by atoms with van der Waals surface area (Å²) in [7, 11) is -1.84. The molecule has 0 fully saturated rings. The molecular formula is C33H41N3O5Si. The Kier molecular flexibility index (Phi) is 8.18. The Morgan fingerprint density at radius 1 is 1.02 bits per heavy atom. The highest BCUT2D eigenvalue weighted by atomic mass is 28.4. The summed E-state index contributed by atoms with van der Waals surface area (Å²) in [6, 6.07) is 15.9. The molecule has 1 aromatic heterocycles. The molecule has 0 radical (unpaired) electrons. The quantitative estimate of drug-likeness (QED) is 0.156. The molecule has 8 nitrogen and oxygen atoms in total. The maximum atomic E-state index is 13.4. The van der Waals surface area contributed by atoms with Gasteiger partial charge in [0.25, 0.3) is 11.8 Å². The molecule has 2 aliphatic heterocycles. The van der Waals surface area contributed by atoms with Crippen LogP contribution in [0.4, 0.5) is 5.69 Å². The maximum Gasteiger partial charge on any atom is 0.303 e. The van der Waals surface area contributed by atoms with Crippen LogP contribution in [0.1, 0.15) is 63.5 Å². The van der Waals surface area contributed by atoms with Crippen LogP contribution < -0.4 is 10.2 Å². The number of carbonyl (C=O) groups is 3. The van der Waals surface area contributed by atoms with Crippen LogP contribution in [-0.4, -0.2) is 48.9 Å². The monoisotopic (exact) mass is 587 g/mol. The number of aryl methyl sites for hydroxylation is 1. The Bertz CT molecular complexity index is 1570. The highest BCUT2D eigenvalue weighted by Gasteiger charge is 2.41. The number of aliphatic carboxylic acids is 1. The smallest absolute Gasteiger partial charge is 0.303 e. The molecule has 0 saturated carbocycles. The molecule has 222 valence electrons. The first kappa shape index (κ1) is 29.8. The lowest BCUT2D eigenvalue weighted by Gasteiger charge is -2.36. The minimum Gasteiger partial charge on any atom is -0.481 e. The minimum atomic E-state index is -1.84. The van der Waals surface area contributed by atoms with Gasteiger partial charge in [0, 0.05) is 42.8 Å². The van der Waals surface area contributed by atoms with Gasteiger partial charge in [0.05, 0.1) is 5.52 Å². The predicted molar refractivity (Wildman–Crippen MR) is 168 cm³/mol. The molecule has 1 atom stereocenters. The molecule has 1 unspecified atom stereocenters. The van der Waals surface area contributed by atoms with E-state index < -0.39 is 26.1 Å². The lowest BCUT2D eigenvalue weighted by atomic mass is 9.95. The van der Waals surface area contributed by atoms with Crippen molar-refractivity contribution in [2.24, 2.45) is 0 Å². The third-order valence-corrected chi connectivity index (χ3v) is 13.6. The van der Waals surface area contributed by atoms with Crippen LogP contribution in [0.15, 0.2) is 60.4 Å². The molecule has 3 aromatic rings. The zero-order valence-corrected chi connectivity index (χ0v) is 26.2. The summed E-state index contributed by atoms with van der Waals surface area (Å²) in [5.41, 5.74) is 4.59. The van der Waals surface area contributed by atoms with E-state index in [9.17, 15) is 14.4 Å². The molecule has 5 rings (SSSR count). The van der Waals surface area contributed by atoms with Crippen LogP contribution in [0, 0.1) is 0 Å². The molecular weight excluding hydrogens is 546 g/mol. The van der Waals surface area contributed by atoms with Crippen LogP contribution in [0.2, 0.25) is 18.1 Å². The van der Waals surface area contributed by atoms with Crippen LogP contribution in [0.25, 0.3) is 16.6 Å². The zero-order valence-electron chi connectivity index (χ0n) is 25.2. The van der Waals surface area contributed by atoms with E-state index in [4.69, 9.17) is 9.53 Å². The second-order valence-electron chi connectivity index (χ2n) is 12.9. The number of hydrogen-bond donors (Lipinski definition) is 2. The Hall–Kier alpha value is -3.69. The lowest BCUT2D eigenvalue weighted by molar-refractivity contribution is -0.137. The van der Waals surface area contributed by atoms with Crippen molar-refractivity contribution in [1.29, 1.82) is 0 Å². The second-order valence-corrected chi connectivity index (χ2v) is 17.7. The highest BCUT2D eigenvalue weighted by molar-refractivity contribution is 6.74. The van der Waals surface area contributed by atoms with Crippen molar-refractivity contribution in [3.8, 4) is 0 Å². The van der Waals surface area contributed by atoms with Gasteiger partial charge in [-0.3, -0.25) is 19.7 Å². The van der Waals surface area contributed by atoms with Crippen molar-refractivity contribution in [2.45, 2.75) is 76.9 Å². The Morgan fingerprint density at radius 2 is 1.71 bits per heavy atom. The van der Waals surface area contributed by atoms with E-state index in [1.54, 1.807) is 0 Å². The largest absolute Gasteiger partial charge is 0.481 e. The van der Waals surface area contributed by atoms with Gasteiger partial charge in [-0.2, -0.15) is 0 Å². The molecule has 0 saturated heterocycles. The average molecular weight is 588 g/mol.